The summed E-state index contributed by atoms with van der Waals surface area (Å²) in [5, 5.41) is 10.2. The molecule has 0 spiro atoms. The minimum Gasteiger partial charge on any atom is -0.321 e. The predicted octanol–water partition coefficient (Wildman–Crippen LogP) is 4.94. The first-order valence-corrected chi connectivity index (χ1v) is 10.4. The third-order valence-electron chi connectivity index (χ3n) is 4.71. The average molecular weight is 458 g/mol. The molecule has 4 rings (SSSR count). The van der Waals surface area contributed by atoms with Crippen molar-refractivity contribution in [2.24, 2.45) is 7.05 Å². The van der Waals surface area contributed by atoms with Crippen molar-refractivity contribution in [3.8, 4) is 0 Å². The molecule has 2 N–H and O–H groups in total. The van der Waals surface area contributed by atoms with Crippen molar-refractivity contribution in [1.82, 2.24) is 14.8 Å². The molecule has 0 saturated heterocycles. The van der Waals surface area contributed by atoms with Crippen molar-refractivity contribution in [2.75, 3.05) is 10.6 Å². The summed E-state index contributed by atoms with van der Waals surface area (Å²) < 4.78 is 15.5. The number of anilines is 2. The van der Waals surface area contributed by atoms with Gasteiger partial charge in [0.15, 0.2) is 5.13 Å². The Morgan fingerprint density at radius 2 is 1.90 bits per heavy atom. The molecule has 2 aromatic carbocycles. The number of hydrogen-bond donors (Lipinski definition) is 2. The zero-order valence-corrected chi connectivity index (χ0v) is 18.4. The maximum Gasteiger partial charge on any atom is 0.260 e. The number of fused-ring (bicyclic) bond motifs is 1. The van der Waals surface area contributed by atoms with Crippen LogP contribution in [0.1, 0.15) is 32.0 Å². The maximum atomic E-state index is 13.4. The minimum absolute atomic E-state index is 0.205. The molecule has 158 valence electrons. The highest BCUT2D eigenvalue weighted by Gasteiger charge is 2.22. The Kier molecular flexibility index (Phi) is 5.47. The van der Waals surface area contributed by atoms with E-state index >= 15 is 0 Å². The largest absolute Gasteiger partial charge is 0.321 e. The number of nitrogens with zero attached hydrogens (tertiary/aromatic N) is 3. The minimum atomic E-state index is -0.464. The molecular weight excluding hydrogens is 441 g/mol. The van der Waals surface area contributed by atoms with Crippen LogP contribution in [-0.2, 0) is 7.05 Å². The highest BCUT2D eigenvalue weighted by atomic mass is 35.5. The van der Waals surface area contributed by atoms with Gasteiger partial charge >= 0.3 is 0 Å². The molecule has 0 aliphatic rings. The summed E-state index contributed by atoms with van der Waals surface area (Å²) >= 11 is 7.36. The number of nitrogens with one attached hydrogen (secondary N) is 2. The Balaban J connectivity index is 1.63. The Hall–Kier alpha value is -3.30. The van der Waals surface area contributed by atoms with E-state index in [2.05, 4.69) is 20.7 Å². The molecule has 7 nitrogen and oxygen atoms in total. The van der Waals surface area contributed by atoms with E-state index in [1.165, 1.54) is 16.8 Å². The SMILES string of the molecule is Cc1cccc(C(=O)Nc2nc3ccc(F)cc3s2)c1NC(=O)c1c(C)nn(C)c1Cl. The van der Waals surface area contributed by atoms with Crippen molar-refractivity contribution >= 4 is 55.8 Å². The van der Waals surface area contributed by atoms with Gasteiger partial charge < -0.3 is 5.32 Å². The second-order valence-electron chi connectivity index (χ2n) is 6.91. The number of halogens is 2. The number of para-hydroxylation sites is 1. The van der Waals surface area contributed by atoms with Crippen molar-refractivity contribution in [3.05, 3.63) is 69.8 Å². The molecule has 0 aliphatic heterocycles. The topological polar surface area (TPSA) is 88.9 Å². The predicted molar refractivity (Wildman–Crippen MR) is 120 cm³/mol. The molecule has 0 fully saturated rings. The van der Waals surface area contributed by atoms with Crippen LogP contribution in [-0.4, -0.2) is 26.6 Å². The molecule has 0 radical (unpaired) electrons. The lowest BCUT2D eigenvalue weighted by molar-refractivity contribution is 0.102. The second-order valence-corrected chi connectivity index (χ2v) is 8.30. The van der Waals surface area contributed by atoms with E-state index in [9.17, 15) is 14.0 Å². The quantitative estimate of drug-likeness (QED) is 0.454. The third kappa shape index (κ3) is 4.01. The van der Waals surface area contributed by atoms with E-state index in [4.69, 9.17) is 11.6 Å². The number of hydrogen-bond acceptors (Lipinski definition) is 5. The molecular formula is C21H17ClFN5O2S. The summed E-state index contributed by atoms with van der Waals surface area (Å²) in [4.78, 5) is 30.2. The van der Waals surface area contributed by atoms with E-state index in [1.54, 1.807) is 45.2 Å². The van der Waals surface area contributed by atoms with E-state index in [-0.39, 0.29) is 22.1 Å². The van der Waals surface area contributed by atoms with Gasteiger partial charge in [0.2, 0.25) is 0 Å². The summed E-state index contributed by atoms with van der Waals surface area (Å²) in [6, 6.07) is 9.33. The summed E-state index contributed by atoms with van der Waals surface area (Å²) in [6.45, 7) is 3.47. The Morgan fingerprint density at radius 1 is 1.13 bits per heavy atom. The molecule has 0 bridgehead atoms. The third-order valence-corrected chi connectivity index (χ3v) is 6.07. The number of aromatic nitrogens is 3. The fourth-order valence-electron chi connectivity index (χ4n) is 3.20. The number of carbonyl (C=O) groups excluding carboxylic acids is 2. The zero-order valence-electron chi connectivity index (χ0n) is 16.8. The van der Waals surface area contributed by atoms with E-state index in [0.29, 0.717) is 32.3 Å². The monoisotopic (exact) mass is 457 g/mol. The van der Waals surface area contributed by atoms with E-state index in [0.717, 1.165) is 11.3 Å². The fourth-order valence-corrected chi connectivity index (χ4v) is 4.35. The number of benzene rings is 2. The van der Waals surface area contributed by atoms with Gasteiger partial charge in [-0.1, -0.05) is 35.1 Å². The fraction of sp³-hybridized carbons (Fsp3) is 0.143. The van der Waals surface area contributed by atoms with Gasteiger partial charge in [0.25, 0.3) is 11.8 Å². The summed E-state index contributed by atoms with van der Waals surface area (Å²) in [6.07, 6.45) is 0. The van der Waals surface area contributed by atoms with Gasteiger partial charge in [-0.05, 0) is 43.7 Å². The second kappa shape index (κ2) is 8.09. The standard InChI is InChI=1S/C21H17ClFN5O2S/c1-10-5-4-6-13(17(10)25-20(30)16-11(2)27-28(3)18(16)22)19(29)26-21-24-14-8-7-12(23)9-15(14)31-21/h4-9H,1-3H3,(H,25,30)(H,24,26,29). The van der Waals surface area contributed by atoms with Gasteiger partial charge in [-0.2, -0.15) is 5.10 Å². The highest BCUT2D eigenvalue weighted by molar-refractivity contribution is 7.22. The van der Waals surface area contributed by atoms with Crippen LogP contribution in [0.15, 0.2) is 36.4 Å². The van der Waals surface area contributed by atoms with Crippen LogP contribution in [0.4, 0.5) is 15.2 Å². The zero-order chi connectivity index (χ0) is 22.3. The molecule has 31 heavy (non-hydrogen) atoms. The number of aryl methyl sites for hydroxylation is 3. The van der Waals surface area contributed by atoms with Crippen LogP contribution in [0.2, 0.25) is 5.15 Å². The summed E-state index contributed by atoms with van der Waals surface area (Å²) in [5.74, 6) is -1.29. The van der Waals surface area contributed by atoms with Crippen LogP contribution in [0.5, 0.6) is 0 Å². The number of carbonyl (C=O) groups is 2. The van der Waals surface area contributed by atoms with Crippen molar-refractivity contribution in [3.63, 3.8) is 0 Å². The molecule has 0 unspecified atom stereocenters. The highest BCUT2D eigenvalue weighted by Crippen LogP contribution is 2.29. The normalized spacial score (nSPS) is 11.0. The molecule has 2 heterocycles. The van der Waals surface area contributed by atoms with Crippen molar-refractivity contribution in [2.45, 2.75) is 13.8 Å². The molecule has 2 amide bonds. The average Bonchev–Trinajstić information content (AvgIpc) is 3.21. The van der Waals surface area contributed by atoms with Crippen molar-refractivity contribution in [1.29, 1.82) is 0 Å². The molecule has 0 atom stereocenters. The summed E-state index contributed by atoms with van der Waals surface area (Å²) in [7, 11) is 1.64. The van der Waals surface area contributed by atoms with E-state index < -0.39 is 11.8 Å². The number of amides is 2. The molecule has 4 aromatic rings. The Morgan fingerprint density at radius 3 is 2.61 bits per heavy atom. The first-order valence-electron chi connectivity index (χ1n) is 9.22. The molecule has 0 saturated carbocycles. The van der Waals surface area contributed by atoms with Gasteiger partial charge in [-0.15, -0.1) is 0 Å². The van der Waals surface area contributed by atoms with Gasteiger partial charge in [0.1, 0.15) is 11.0 Å². The number of thiazole rings is 1. The first-order chi connectivity index (χ1) is 14.7. The molecule has 0 aliphatic carbocycles. The van der Waals surface area contributed by atoms with Gasteiger partial charge in [-0.3, -0.25) is 19.6 Å². The number of rotatable bonds is 4. The van der Waals surface area contributed by atoms with Gasteiger partial charge in [0, 0.05) is 7.05 Å². The van der Waals surface area contributed by atoms with Gasteiger partial charge in [-0.25, -0.2) is 9.37 Å². The Bertz CT molecular complexity index is 1350. The van der Waals surface area contributed by atoms with Crippen molar-refractivity contribution < 1.29 is 14.0 Å². The van der Waals surface area contributed by atoms with Crippen LogP contribution in [0.3, 0.4) is 0 Å². The van der Waals surface area contributed by atoms with Crippen LogP contribution < -0.4 is 10.6 Å². The van der Waals surface area contributed by atoms with Gasteiger partial charge in [0.05, 0.1) is 32.7 Å². The van der Waals surface area contributed by atoms with Crippen LogP contribution in [0.25, 0.3) is 10.2 Å². The summed E-state index contributed by atoms with van der Waals surface area (Å²) in [5.41, 5.74) is 2.62. The molecule has 10 heteroatoms. The Labute approximate surface area is 185 Å². The smallest absolute Gasteiger partial charge is 0.260 e. The lowest BCUT2D eigenvalue weighted by Gasteiger charge is -2.13. The lowest BCUT2D eigenvalue weighted by Crippen LogP contribution is -2.19. The lowest BCUT2D eigenvalue weighted by atomic mass is 10.1. The molecule has 2 aromatic heterocycles. The van der Waals surface area contributed by atoms with E-state index in [1.807, 2.05) is 0 Å². The van der Waals surface area contributed by atoms with Crippen LogP contribution >= 0.6 is 22.9 Å². The maximum absolute atomic E-state index is 13.4. The van der Waals surface area contributed by atoms with Crippen LogP contribution in [0, 0.1) is 19.7 Å². The first kappa shape index (κ1) is 21.0.